The van der Waals surface area contributed by atoms with Crippen molar-refractivity contribution in [2.75, 3.05) is 33.5 Å². The van der Waals surface area contributed by atoms with E-state index in [4.69, 9.17) is 15.2 Å². The number of fused-ring (bicyclic) bond motifs is 1. The number of hydrogen-bond donors (Lipinski definition) is 1. The van der Waals surface area contributed by atoms with E-state index in [9.17, 15) is 13.6 Å². The number of aryl methyl sites for hydroxylation is 1. The van der Waals surface area contributed by atoms with Gasteiger partial charge in [0.1, 0.15) is 10.8 Å². The molecule has 0 aliphatic carbocycles. The molecule has 0 radical (unpaired) electrons. The lowest BCUT2D eigenvalue weighted by Crippen LogP contribution is -2.27. The zero-order chi connectivity index (χ0) is 25.5. The Morgan fingerprint density at radius 3 is 2.63 bits per heavy atom. The van der Waals surface area contributed by atoms with E-state index in [2.05, 4.69) is 15.1 Å². The largest absolute Gasteiger partial charge is 0.493 e. The monoisotopic (exact) mass is 502 g/mol. The lowest BCUT2D eigenvalue weighted by atomic mass is 10.1. The molecule has 0 bridgehead atoms. The number of aromatic nitrogens is 4. The molecule has 9 nitrogen and oxygen atoms in total. The number of methoxy groups -OCH3 is 1. The first-order chi connectivity index (χ1) is 16.5. The van der Waals surface area contributed by atoms with Gasteiger partial charge in [-0.1, -0.05) is 11.3 Å². The molecule has 0 saturated carbocycles. The third kappa shape index (κ3) is 4.74. The molecular formula is C23H24F2N6O3S. The van der Waals surface area contributed by atoms with Crippen molar-refractivity contribution in [3.8, 4) is 33.3 Å². The first-order valence-corrected chi connectivity index (χ1v) is 11.3. The maximum Gasteiger partial charge on any atom is 0.274 e. The van der Waals surface area contributed by atoms with Crippen LogP contribution in [0.3, 0.4) is 0 Å². The number of nitrogens with two attached hydrogens (primary N) is 1. The summed E-state index contributed by atoms with van der Waals surface area (Å²) in [7, 11) is 4.80. The van der Waals surface area contributed by atoms with Crippen LogP contribution >= 0.6 is 11.3 Å². The number of rotatable bonds is 7. The van der Waals surface area contributed by atoms with Crippen molar-refractivity contribution >= 4 is 28.0 Å². The average Bonchev–Trinajstić information content (AvgIpc) is 3.33. The SMILES string of the molecule is COc1cc(-c2nn3c(-c4cnc(N)c(C(C)(F)F)c4)c(C)nc3s2)ccc1OCC(=O)N(C)C. The van der Waals surface area contributed by atoms with E-state index in [0.29, 0.717) is 38.4 Å². The lowest BCUT2D eigenvalue weighted by molar-refractivity contribution is -0.130. The van der Waals surface area contributed by atoms with Crippen LogP contribution in [0, 0.1) is 6.92 Å². The molecule has 0 aliphatic heterocycles. The molecule has 4 aromatic rings. The molecule has 184 valence electrons. The number of nitrogens with zero attached hydrogens (tertiary/aromatic N) is 5. The van der Waals surface area contributed by atoms with Crippen LogP contribution in [0.2, 0.25) is 0 Å². The minimum Gasteiger partial charge on any atom is -0.493 e. The number of imidazole rings is 1. The highest BCUT2D eigenvalue weighted by Crippen LogP contribution is 2.38. The van der Waals surface area contributed by atoms with Gasteiger partial charge in [0, 0.05) is 38.3 Å². The summed E-state index contributed by atoms with van der Waals surface area (Å²) in [4.78, 5) is 22.4. The van der Waals surface area contributed by atoms with E-state index in [0.717, 1.165) is 12.5 Å². The molecule has 1 aromatic carbocycles. The first kappa shape index (κ1) is 24.3. The summed E-state index contributed by atoms with van der Waals surface area (Å²) in [6.07, 6.45) is 1.43. The van der Waals surface area contributed by atoms with Gasteiger partial charge in [-0.3, -0.25) is 4.79 Å². The van der Waals surface area contributed by atoms with Gasteiger partial charge in [0.05, 0.1) is 24.1 Å². The van der Waals surface area contributed by atoms with E-state index >= 15 is 0 Å². The fraction of sp³-hybridized carbons (Fsp3) is 0.304. The number of carbonyl (C=O) groups excluding carboxylic acids is 1. The van der Waals surface area contributed by atoms with E-state index in [1.165, 1.54) is 35.6 Å². The van der Waals surface area contributed by atoms with Gasteiger partial charge in [0.15, 0.2) is 18.1 Å². The molecule has 0 saturated heterocycles. The second kappa shape index (κ2) is 9.10. The number of alkyl halides is 2. The molecule has 3 heterocycles. The summed E-state index contributed by atoms with van der Waals surface area (Å²) in [6, 6.07) is 6.57. The van der Waals surface area contributed by atoms with Gasteiger partial charge >= 0.3 is 0 Å². The standard InChI is InChI=1S/C23H24F2N6O3S/c1-12-19(14-8-15(23(2,24)25)20(26)27-10-14)31-22(28-12)35-21(29-31)13-6-7-16(17(9-13)33-5)34-11-18(32)30(3)4/h6-10H,11H2,1-5H3,(H2,26,27). The van der Waals surface area contributed by atoms with E-state index in [-0.39, 0.29) is 23.9 Å². The van der Waals surface area contributed by atoms with Gasteiger partial charge in [-0.15, -0.1) is 0 Å². The predicted molar refractivity (Wildman–Crippen MR) is 129 cm³/mol. The zero-order valence-electron chi connectivity index (χ0n) is 19.8. The molecule has 0 atom stereocenters. The van der Waals surface area contributed by atoms with Crippen LogP contribution in [0.5, 0.6) is 11.5 Å². The summed E-state index contributed by atoms with van der Waals surface area (Å²) in [5.41, 5.74) is 7.68. The number of pyridine rings is 1. The second-order valence-corrected chi connectivity index (χ2v) is 9.09. The van der Waals surface area contributed by atoms with Crippen molar-refractivity contribution in [2.24, 2.45) is 0 Å². The minimum absolute atomic E-state index is 0.120. The Hall–Kier alpha value is -3.80. The third-order valence-corrected chi connectivity index (χ3v) is 6.26. The Labute approximate surface area is 204 Å². The Kier molecular flexibility index (Phi) is 6.32. The van der Waals surface area contributed by atoms with Gasteiger partial charge in [0.25, 0.3) is 11.8 Å². The second-order valence-electron chi connectivity index (χ2n) is 8.14. The van der Waals surface area contributed by atoms with Crippen LogP contribution < -0.4 is 15.2 Å². The molecule has 0 unspecified atom stereocenters. The summed E-state index contributed by atoms with van der Waals surface area (Å²) >= 11 is 1.33. The van der Waals surface area contributed by atoms with Crippen molar-refractivity contribution in [3.05, 3.63) is 41.7 Å². The molecule has 12 heteroatoms. The van der Waals surface area contributed by atoms with Crippen LogP contribution in [-0.2, 0) is 10.7 Å². The number of nitrogen functional groups attached to an aromatic ring is 1. The molecule has 4 rings (SSSR count). The predicted octanol–water partition coefficient (Wildman–Crippen LogP) is 4.00. The van der Waals surface area contributed by atoms with Gasteiger partial charge in [0.2, 0.25) is 4.96 Å². The number of amides is 1. The Morgan fingerprint density at radius 1 is 1.23 bits per heavy atom. The molecular weight excluding hydrogens is 478 g/mol. The minimum atomic E-state index is -3.14. The van der Waals surface area contributed by atoms with Crippen molar-refractivity contribution in [1.29, 1.82) is 0 Å². The Balaban J connectivity index is 1.71. The van der Waals surface area contributed by atoms with Gasteiger partial charge in [-0.25, -0.2) is 23.3 Å². The number of hydrogen-bond acceptors (Lipinski definition) is 8. The highest BCUT2D eigenvalue weighted by molar-refractivity contribution is 7.19. The van der Waals surface area contributed by atoms with E-state index < -0.39 is 5.92 Å². The van der Waals surface area contributed by atoms with E-state index in [1.807, 2.05) is 0 Å². The number of halogens is 2. The Morgan fingerprint density at radius 2 is 1.97 bits per heavy atom. The molecule has 0 fully saturated rings. The highest BCUT2D eigenvalue weighted by atomic mass is 32.1. The molecule has 0 aliphatic rings. The van der Waals surface area contributed by atoms with Gasteiger partial charge < -0.3 is 20.1 Å². The summed E-state index contributed by atoms with van der Waals surface area (Å²) in [6.45, 7) is 2.44. The van der Waals surface area contributed by atoms with Crippen LogP contribution in [0.1, 0.15) is 18.2 Å². The lowest BCUT2D eigenvalue weighted by Gasteiger charge is -2.14. The molecule has 35 heavy (non-hydrogen) atoms. The maximum atomic E-state index is 14.0. The number of ether oxygens (including phenoxy) is 2. The average molecular weight is 503 g/mol. The van der Waals surface area contributed by atoms with E-state index in [1.54, 1.807) is 43.7 Å². The van der Waals surface area contributed by atoms with Crippen molar-refractivity contribution in [2.45, 2.75) is 19.8 Å². The molecule has 0 spiro atoms. The topological polar surface area (TPSA) is 108 Å². The van der Waals surface area contributed by atoms with Crippen molar-refractivity contribution in [1.82, 2.24) is 24.5 Å². The highest BCUT2D eigenvalue weighted by Gasteiger charge is 2.29. The summed E-state index contributed by atoms with van der Waals surface area (Å²) in [5.74, 6) is -2.68. The summed E-state index contributed by atoms with van der Waals surface area (Å²) < 4.78 is 40.7. The van der Waals surface area contributed by atoms with Crippen LogP contribution in [-0.4, -0.2) is 58.2 Å². The quantitative estimate of drug-likeness (QED) is 0.407. The normalized spacial score (nSPS) is 11.6. The maximum absolute atomic E-state index is 14.0. The first-order valence-electron chi connectivity index (χ1n) is 10.5. The van der Waals surface area contributed by atoms with Gasteiger partial charge in [-0.05, 0) is 31.2 Å². The Bertz CT molecular complexity index is 1410. The van der Waals surface area contributed by atoms with Crippen LogP contribution in [0.15, 0.2) is 30.5 Å². The third-order valence-electron chi connectivity index (χ3n) is 5.30. The van der Waals surface area contributed by atoms with Crippen LogP contribution in [0.4, 0.5) is 14.6 Å². The number of carbonyl (C=O) groups is 1. The van der Waals surface area contributed by atoms with Crippen LogP contribution in [0.25, 0.3) is 26.8 Å². The molecule has 3 aromatic heterocycles. The molecule has 2 N–H and O–H groups in total. The number of anilines is 1. The molecule has 1 amide bonds. The number of likely N-dealkylation sites (N-methyl/N-ethyl adjacent to an activating group) is 1. The fourth-order valence-corrected chi connectivity index (χ4v) is 4.38. The zero-order valence-corrected chi connectivity index (χ0v) is 20.6. The van der Waals surface area contributed by atoms with Crippen molar-refractivity contribution < 1.29 is 23.0 Å². The van der Waals surface area contributed by atoms with Crippen molar-refractivity contribution in [3.63, 3.8) is 0 Å². The number of benzene rings is 1. The van der Waals surface area contributed by atoms with Gasteiger partial charge in [-0.2, -0.15) is 5.10 Å². The smallest absolute Gasteiger partial charge is 0.274 e. The summed E-state index contributed by atoms with van der Waals surface area (Å²) in [5, 5.41) is 5.30. The fourth-order valence-electron chi connectivity index (χ4n) is 3.44.